The first-order chi connectivity index (χ1) is 11.5. The van der Waals surface area contributed by atoms with Crippen molar-refractivity contribution in [3.63, 3.8) is 0 Å². The number of nitrogens with zero attached hydrogens (tertiary/aromatic N) is 1. The van der Waals surface area contributed by atoms with Gasteiger partial charge in [0.05, 0.1) is 18.1 Å². The van der Waals surface area contributed by atoms with Gasteiger partial charge in [-0.2, -0.15) is 0 Å². The summed E-state index contributed by atoms with van der Waals surface area (Å²) in [5, 5.41) is 13.6. The summed E-state index contributed by atoms with van der Waals surface area (Å²) in [6.07, 6.45) is 2.90. The first-order valence-electron chi connectivity index (χ1n) is 7.36. The number of hydrogen-bond acceptors (Lipinski definition) is 4. The van der Waals surface area contributed by atoms with E-state index in [1.807, 2.05) is 31.2 Å². The maximum Gasteiger partial charge on any atom is 0.270 e. The van der Waals surface area contributed by atoms with Crippen molar-refractivity contribution in [1.82, 2.24) is 5.32 Å². The van der Waals surface area contributed by atoms with Crippen molar-refractivity contribution in [2.45, 2.75) is 13.0 Å². The van der Waals surface area contributed by atoms with Gasteiger partial charge in [0, 0.05) is 18.2 Å². The predicted octanol–water partition coefficient (Wildman–Crippen LogP) is 3.49. The quantitative estimate of drug-likeness (QED) is 0.500. The van der Waals surface area contributed by atoms with Crippen LogP contribution < -0.4 is 10.1 Å². The highest BCUT2D eigenvalue weighted by Gasteiger charge is 2.08. The first-order valence-corrected chi connectivity index (χ1v) is 7.36. The number of methoxy groups -OCH3 is 1. The van der Waals surface area contributed by atoms with E-state index in [-0.39, 0.29) is 17.6 Å². The predicted molar refractivity (Wildman–Crippen MR) is 91.7 cm³/mol. The zero-order valence-electron chi connectivity index (χ0n) is 13.4. The fourth-order valence-corrected chi connectivity index (χ4v) is 2.15. The van der Waals surface area contributed by atoms with Gasteiger partial charge in [-0.1, -0.05) is 24.3 Å². The third-order valence-electron chi connectivity index (χ3n) is 3.48. The van der Waals surface area contributed by atoms with Crippen LogP contribution in [0.1, 0.15) is 24.1 Å². The Kier molecular flexibility index (Phi) is 5.68. The van der Waals surface area contributed by atoms with Crippen LogP contribution >= 0.6 is 0 Å². The summed E-state index contributed by atoms with van der Waals surface area (Å²) in [6.45, 7) is 1.88. The molecule has 2 aromatic carbocycles. The Hall–Kier alpha value is -3.15. The second kappa shape index (κ2) is 7.92. The molecule has 0 saturated carbocycles. The van der Waals surface area contributed by atoms with Gasteiger partial charge in [0.1, 0.15) is 5.75 Å². The lowest BCUT2D eigenvalue weighted by atomic mass is 10.1. The van der Waals surface area contributed by atoms with Gasteiger partial charge in [0.2, 0.25) is 5.91 Å². The van der Waals surface area contributed by atoms with E-state index in [2.05, 4.69) is 5.32 Å². The molecule has 0 aromatic heterocycles. The molecule has 0 heterocycles. The van der Waals surface area contributed by atoms with E-state index in [4.69, 9.17) is 4.74 Å². The third-order valence-corrected chi connectivity index (χ3v) is 3.48. The van der Waals surface area contributed by atoms with Gasteiger partial charge in [0.25, 0.3) is 5.69 Å². The summed E-state index contributed by atoms with van der Waals surface area (Å²) in [5.41, 5.74) is 1.54. The van der Waals surface area contributed by atoms with Crippen LogP contribution in [0.25, 0.3) is 6.08 Å². The second-order valence-corrected chi connectivity index (χ2v) is 5.19. The molecule has 0 bridgehead atoms. The van der Waals surface area contributed by atoms with E-state index in [0.717, 1.165) is 11.3 Å². The summed E-state index contributed by atoms with van der Waals surface area (Å²) < 4.78 is 5.10. The SMILES string of the molecule is COc1ccc([C@@H](C)NC(=O)/C=C/c2cccc([N+](=O)[O-])c2)cc1. The molecule has 0 spiro atoms. The topological polar surface area (TPSA) is 81.5 Å². The second-order valence-electron chi connectivity index (χ2n) is 5.19. The minimum atomic E-state index is -0.469. The van der Waals surface area contributed by atoms with E-state index in [1.165, 1.54) is 18.2 Å². The Morgan fingerprint density at radius 3 is 2.58 bits per heavy atom. The van der Waals surface area contributed by atoms with Gasteiger partial charge >= 0.3 is 0 Å². The number of ether oxygens (including phenoxy) is 1. The highest BCUT2D eigenvalue weighted by molar-refractivity contribution is 5.92. The molecular formula is C18H18N2O4. The first kappa shape index (κ1) is 17.2. The molecule has 1 N–H and O–H groups in total. The molecule has 2 rings (SSSR count). The van der Waals surface area contributed by atoms with Crippen molar-refractivity contribution in [2.75, 3.05) is 7.11 Å². The van der Waals surface area contributed by atoms with Crippen molar-refractivity contribution in [3.05, 3.63) is 75.8 Å². The van der Waals surface area contributed by atoms with Crippen LogP contribution in [0.4, 0.5) is 5.69 Å². The van der Waals surface area contributed by atoms with Crippen molar-refractivity contribution < 1.29 is 14.5 Å². The Labute approximate surface area is 139 Å². The summed E-state index contributed by atoms with van der Waals surface area (Å²) in [5.74, 6) is 0.479. The number of rotatable bonds is 6. The lowest BCUT2D eigenvalue weighted by molar-refractivity contribution is -0.384. The van der Waals surface area contributed by atoms with Crippen molar-refractivity contribution in [1.29, 1.82) is 0 Å². The van der Waals surface area contributed by atoms with E-state index in [0.29, 0.717) is 5.56 Å². The number of nitrogens with one attached hydrogen (secondary N) is 1. The molecule has 0 aliphatic heterocycles. The molecule has 1 atom stereocenters. The molecule has 0 aliphatic carbocycles. The van der Waals surface area contributed by atoms with Crippen molar-refractivity contribution >= 4 is 17.7 Å². The average molecular weight is 326 g/mol. The standard InChI is InChI=1S/C18H18N2O4/c1-13(15-7-9-17(24-2)10-8-15)19-18(21)11-6-14-4-3-5-16(12-14)20(22)23/h3-13H,1-2H3,(H,19,21)/b11-6+/t13-/m1/s1. The molecule has 0 radical (unpaired) electrons. The Morgan fingerprint density at radius 2 is 1.96 bits per heavy atom. The van der Waals surface area contributed by atoms with E-state index in [9.17, 15) is 14.9 Å². The average Bonchev–Trinajstić information content (AvgIpc) is 2.60. The number of carbonyl (C=O) groups excluding carboxylic acids is 1. The summed E-state index contributed by atoms with van der Waals surface area (Å²) in [6, 6.07) is 13.4. The lowest BCUT2D eigenvalue weighted by Gasteiger charge is -2.13. The number of benzene rings is 2. The molecule has 1 amide bonds. The lowest BCUT2D eigenvalue weighted by Crippen LogP contribution is -2.24. The largest absolute Gasteiger partial charge is 0.497 e. The van der Waals surface area contributed by atoms with Gasteiger partial charge in [0.15, 0.2) is 0 Å². The summed E-state index contributed by atoms with van der Waals surface area (Å²) in [4.78, 5) is 22.2. The van der Waals surface area contributed by atoms with Gasteiger partial charge in [-0.15, -0.1) is 0 Å². The number of non-ortho nitro benzene ring substituents is 1. The number of nitro benzene ring substituents is 1. The number of carbonyl (C=O) groups is 1. The molecular weight excluding hydrogens is 308 g/mol. The van der Waals surface area contributed by atoms with E-state index < -0.39 is 4.92 Å². The van der Waals surface area contributed by atoms with Crippen LogP contribution in [0.5, 0.6) is 5.75 Å². The molecule has 0 fully saturated rings. The Balaban J connectivity index is 1.98. The molecule has 6 nitrogen and oxygen atoms in total. The highest BCUT2D eigenvalue weighted by Crippen LogP contribution is 2.17. The van der Waals surface area contributed by atoms with Crippen molar-refractivity contribution in [3.8, 4) is 5.75 Å². The molecule has 2 aromatic rings. The van der Waals surface area contributed by atoms with Crippen molar-refractivity contribution in [2.24, 2.45) is 0 Å². The Bertz CT molecular complexity index is 754. The van der Waals surface area contributed by atoms with Crippen LogP contribution in [0, 0.1) is 10.1 Å². The molecule has 0 aliphatic rings. The molecule has 0 unspecified atom stereocenters. The fraction of sp³-hybridized carbons (Fsp3) is 0.167. The Morgan fingerprint density at radius 1 is 1.25 bits per heavy atom. The maximum atomic E-state index is 12.0. The maximum absolute atomic E-state index is 12.0. The smallest absolute Gasteiger partial charge is 0.270 e. The molecule has 0 saturated heterocycles. The minimum Gasteiger partial charge on any atom is -0.497 e. The zero-order valence-corrected chi connectivity index (χ0v) is 13.4. The molecule has 6 heteroatoms. The van der Waals surface area contributed by atoms with Crippen LogP contribution in [-0.2, 0) is 4.79 Å². The molecule has 24 heavy (non-hydrogen) atoms. The highest BCUT2D eigenvalue weighted by atomic mass is 16.6. The van der Waals surface area contributed by atoms with Crippen LogP contribution in [-0.4, -0.2) is 17.9 Å². The van der Waals surface area contributed by atoms with E-state index >= 15 is 0 Å². The number of amides is 1. The number of nitro groups is 1. The third kappa shape index (κ3) is 4.67. The van der Waals surface area contributed by atoms with Gasteiger partial charge in [-0.25, -0.2) is 0 Å². The van der Waals surface area contributed by atoms with Gasteiger partial charge in [-0.3, -0.25) is 14.9 Å². The monoisotopic (exact) mass is 326 g/mol. The van der Waals surface area contributed by atoms with Crippen LogP contribution in [0.15, 0.2) is 54.6 Å². The normalized spacial score (nSPS) is 11.9. The van der Waals surface area contributed by atoms with E-state index in [1.54, 1.807) is 25.3 Å². The van der Waals surface area contributed by atoms with Crippen LogP contribution in [0.3, 0.4) is 0 Å². The van der Waals surface area contributed by atoms with Crippen LogP contribution in [0.2, 0.25) is 0 Å². The molecule has 124 valence electrons. The summed E-state index contributed by atoms with van der Waals surface area (Å²) in [7, 11) is 1.60. The minimum absolute atomic E-state index is 0.0100. The zero-order chi connectivity index (χ0) is 17.5. The summed E-state index contributed by atoms with van der Waals surface area (Å²) >= 11 is 0. The van der Waals surface area contributed by atoms with Gasteiger partial charge in [-0.05, 0) is 36.3 Å². The fourth-order valence-electron chi connectivity index (χ4n) is 2.15. The van der Waals surface area contributed by atoms with Gasteiger partial charge < -0.3 is 10.1 Å². The number of hydrogen-bond donors (Lipinski definition) is 1.